The summed E-state index contributed by atoms with van der Waals surface area (Å²) in [5.74, 6) is -0.600. The van der Waals surface area contributed by atoms with Gasteiger partial charge in [-0.15, -0.1) is 6.58 Å². The summed E-state index contributed by atoms with van der Waals surface area (Å²) < 4.78 is 37.8. The van der Waals surface area contributed by atoms with Gasteiger partial charge in [-0.1, -0.05) is 18.2 Å². The first kappa shape index (κ1) is 14.8. The number of nitrogens with zero attached hydrogens (tertiary/aromatic N) is 1. The molecule has 0 aliphatic carbocycles. The number of alkyl halides is 3. The smallest absolute Gasteiger partial charge is 0.303 e. The maximum absolute atomic E-state index is 12.6. The predicted octanol–water partition coefficient (Wildman–Crippen LogP) is 2.78. The van der Waals surface area contributed by atoms with Crippen molar-refractivity contribution in [2.24, 2.45) is 0 Å². The van der Waals surface area contributed by atoms with Gasteiger partial charge in [0.25, 0.3) is 5.91 Å². The van der Waals surface area contributed by atoms with Gasteiger partial charge in [-0.05, 0) is 23.8 Å². The van der Waals surface area contributed by atoms with Crippen LogP contribution in [0.1, 0.15) is 11.1 Å². The van der Waals surface area contributed by atoms with Gasteiger partial charge < -0.3 is 5.32 Å². The van der Waals surface area contributed by atoms with Crippen LogP contribution >= 0.6 is 0 Å². The molecule has 1 aliphatic rings. The minimum absolute atomic E-state index is 0.0323. The van der Waals surface area contributed by atoms with Crippen LogP contribution in [0.15, 0.2) is 42.6 Å². The van der Waals surface area contributed by atoms with Crippen molar-refractivity contribution in [3.8, 4) is 0 Å². The maximum atomic E-state index is 12.6. The molecular weight excluding hydrogens is 285 g/mol. The van der Waals surface area contributed by atoms with Crippen LogP contribution in [0.25, 0.3) is 6.08 Å². The molecule has 1 saturated heterocycles. The zero-order valence-electron chi connectivity index (χ0n) is 10.8. The molecule has 0 saturated carbocycles. The fourth-order valence-electron chi connectivity index (χ4n) is 1.84. The third kappa shape index (κ3) is 3.13. The first-order valence-electron chi connectivity index (χ1n) is 5.95. The molecule has 1 aliphatic heterocycles. The average Bonchev–Trinajstić information content (AvgIpc) is 2.66. The molecule has 3 amide bonds. The lowest BCUT2D eigenvalue weighted by Gasteiger charge is -2.07. The second-order valence-electron chi connectivity index (χ2n) is 4.32. The van der Waals surface area contributed by atoms with Crippen molar-refractivity contribution in [3.63, 3.8) is 0 Å². The highest BCUT2D eigenvalue weighted by atomic mass is 19.4. The van der Waals surface area contributed by atoms with Gasteiger partial charge >= 0.3 is 12.2 Å². The highest BCUT2D eigenvalue weighted by molar-refractivity contribution is 6.14. The van der Waals surface area contributed by atoms with Crippen molar-refractivity contribution in [2.45, 2.75) is 6.18 Å². The summed E-state index contributed by atoms with van der Waals surface area (Å²) in [6.45, 7) is 3.45. The topological polar surface area (TPSA) is 49.4 Å². The molecule has 7 heteroatoms. The van der Waals surface area contributed by atoms with Crippen LogP contribution in [-0.4, -0.2) is 23.4 Å². The molecule has 0 bridgehead atoms. The van der Waals surface area contributed by atoms with E-state index in [9.17, 15) is 22.8 Å². The van der Waals surface area contributed by atoms with Crippen LogP contribution in [0.4, 0.5) is 18.0 Å². The normalized spacial score (nSPS) is 17.3. The Bertz CT molecular complexity index is 635. The van der Waals surface area contributed by atoms with Crippen molar-refractivity contribution in [1.29, 1.82) is 0 Å². The van der Waals surface area contributed by atoms with Crippen LogP contribution in [-0.2, 0) is 11.0 Å². The molecule has 0 atom stereocenters. The van der Waals surface area contributed by atoms with E-state index in [1.165, 1.54) is 24.3 Å². The number of hydrogen-bond donors (Lipinski definition) is 1. The van der Waals surface area contributed by atoms with Crippen LogP contribution in [0.3, 0.4) is 0 Å². The number of urea groups is 1. The number of carbonyl (C=O) groups is 2. The maximum Gasteiger partial charge on any atom is 0.416 e. The van der Waals surface area contributed by atoms with Gasteiger partial charge in [0.15, 0.2) is 0 Å². The lowest BCUT2D eigenvalue weighted by molar-refractivity contribution is -0.137. The standard InChI is InChI=1S/C14H11F3N2O2/c1-2-6-19-12(20)11(18-13(19)21)8-9-4-3-5-10(7-9)14(15,16)17/h2-5,7-8H,1,6H2,(H,18,21)/b11-8+. The quantitative estimate of drug-likeness (QED) is 0.530. The van der Waals surface area contributed by atoms with Crippen molar-refractivity contribution in [3.05, 3.63) is 53.7 Å². The van der Waals surface area contributed by atoms with E-state index in [0.717, 1.165) is 17.0 Å². The fraction of sp³-hybridized carbons (Fsp3) is 0.143. The van der Waals surface area contributed by atoms with Crippen molar-refractivity contribution < 1.29 is 22.8 Å². The fourth-order valence-corrected chi connectivity index (χ4v) is 1.84. The number of benzene rings is 1. The van der Waals surface area contributed by atoms with Gasteiger partial charge in [0.2, 0.25) is 0 Å². The van der Waals surface area contributed by atoms with E-state index in [1.54, 1.807) is 0 Å². The summed E-state index contributed by atoms with van der Waals surface area (Å²) in [6.07, 6.45) is -1.88. The van der Waals surface area contributed by atoms with E-state index < -0.39 is 23.7 Å². The monoisotopic (exact) mass is 296 g/mol. The van der Waals surface area contributed by atoms with Gasteiger partial charge in [0.05, 0.1) is 5.56 Å². The molecule has 0 radical (unpaired) electrons. The van der Waals surface area contributed by atoms with Crippen LogP contribution in [0.5, 0.6) is 0 Å². The SMILES string of the molecule is C=CCN1C(=O)N/C(=C/c2cccc(C(F)(F)F)c2)C1=O. The molecule has 1 aromatic carbocycles. The van der Waals surface area contributed by atoms with E-state index in [1.807, 2.05) is 0 Å². The molecule has 0 aromatic heterocycles. The summed E-state index contributed by atoms with van der Waals surface area (Å²) >= 11 is 0. The summed E-state index contributed by atoms with van der Waals surface area (Å²) in [6, 6.07) is 3.86. The number of rotatable bonds is 3. The Labute approximate surface area is 118 Å². The van der Waals surface area contributed by atoms with Crippen LogP contribution < -0.4 is 5.32 Å². The number of nitrogens with one attached hydrogen (secondary N) is 1. The Balaban J connectivity index is 2.31. The molecule has 1 heterocycles. The van der Waals surface area contributed by atoms with Gasteiger partial charge in [-0.3, -0.25) is 9.69 Å². The van der Waals surface area contributed by atoms with Gasteiger partial charge in [0, 0.05) is 6.54 Å². The molecule has 1 aromatic rings. The Morgan fingerprint density at radius 3 is 2.62 bits per heavy atom. The Kier molecular flexibility index (Phi) is 3.84. The Morgan fingerprint density at radius 2 is 2.00 bits per heavy atom. The second kappa shape index (κ2) is 5.43. The Hall–Kier alpha value is -2.57. The molecule has 2 rings (SSSR count). The molecule has 21 heavy (non-hydrogen) atoms. The molecule has 1 fully saturated rings. The van der Waals surface area contributed by atoms with Crippen molar-refractivity contribution in [2.75, 3.05) is 6.54 Å². The molecule has 110 valence electrons. The molecular formula is C14H11F3N2O2. The summed E-state index contributed by atoms with van der Waals surface area (Å²) in [7, 11) is 0. The zero-order valence-corrected chi connectivity index (χ0v) is 10.8. The molecule has 0 spiro atoms. The summed E-state index contributed by atoms with van der Waals surface area (Å²) in [5.41, 5.74) is -0.716. The van der Waals surface area contributed by atoms with E-state index in [2.05, 4.69) is 11.9 Å². The number of halogens is 3. The van der Waals surface area contributed by atoms with E-state index >= 15 is 0 Å². The molecule has 1 N–H and O–H groups in total. The second-order valence-corrected chi connectivity index (χ2v) is 4.32. The first-order valence-corrected chi connectivity index (χ1v) is 5.95. The first-order chi connectivity index (χ1) is 9.82. The van der Waals surface area contributed by atoms with Crippen molar-refractivity contribution in [1.82, 2.24) is 10.2 Å². The molecule has 0 unspecified atom stereocenters. The third-order valence-corrected chi connectivity index (χ3v) is 2.80. The third-order valence-electron chi connectivity index (χ3n) is 2.80. The number of imide groups is 1. The van der Waals surface area contributed by atoms with E-state index in [-0.39, 0.29) is 17.8 Å². The predicted molar refractivity (Wildman–Crippen MR) is 69.9 cm³/mol. The highest BCUT2D eigenvalue weighted by Crippen LogP contribution is 2.30. The van der Waals surface area contributed by atoms with Crippen molar-refractivity contribution >= 4 is 18.0 Å². The minimum Gasteiger partial charge on any atom is -0.303 e. The summed E-state index contributed by atoms with van der Waals surface area (Å²) in [5, 5.41) is 2.31. The highest BCUT2D eigenvalue weighted by Gasteiger charge is 2.33. The molecule has 4 nitrogen and oxygen atoms in total. The van der Waals surface area contributed by atoms with Gasteiger partial charge in [-0.2, -0.15) is 13.2 Å². The van der Waals surface area contributed by atoms with Crippen LogP contribution in [0, 0.1) is 0 Å². The van der Waals surface area contributed by atoms with E-state index in [0.29, 0.717) is 0 Å². The van der Waals surface area contributed by atoms with Gasteiger partial charge in [-0.25, -0.2) is 4.79 Å². The Morgan fingerprint density at radius 1 is 1.29 bits per heavy atom. The zero-order chi connectivity index (χ0) is 15.6. The largest absolute Gasteiger partial charge is 0.416 e. The van der Waals surface area contributed by atoms with Crippen LogP contribution in [0.2, 0.25) is 0 Å². The number of carbonyl (C=O) groups excluding carboxylic acids is 2. The lowest BCUT2D eigenvalue weighted by Crippen LogP contribution is -2.30. The van der Waals surface area contributed by atoms with Gasteiger partial charge in [0.1, 0.15) is 5.70 Å². The van der Waals surface area contributed by atoms with E-state index in [4.69, 9.17) is 0 Å². The number of hydrogen-bond acceptors (Lipinski definition) is 2. The minimum atomic E-state index is -4.47. The summed E-state index contributed by atoms with van der Waals surface area (Å²) in [4.78, 5) is 24.3. The lowest BCUT2D eigenvalue weighted by atomic mass is 10.1. The average molecular weight is 296 g/mol. The number of amides is 3.